The van der Waals surface area contributed by atoms with Gasteiger partial charge in [-0.3, -0.25) is 33.6 Å². The van der Waals surface area contributed by atoms with E-state index < -0.39 is 90.4 Å². The van der Waals surface area contributed by atoms with E-state index in [0.29, 0.717) is 12.8 Å². The van der Waals surface area contributed by atoms with E-state index in [9.17, 15) is 33.6 Å². The second-order valence-electron chi connectivity index (χ2n) is 13.6. The minimum Gasteiger partial charge on any atom is -0.370 e. The number of primary amides is 1. The fourth-order valence-corrected chi connectivity index (χ4v) is 5.81. The van der Waals surface area contributed by atoms with Crippen LogP contribution in [0, 0.1) is 17.8 Å². The second-order valence-corrected chi connectivity index (χ2v) is 13.6. The number of para-hydroxylation sites is 1. The third kappa shape index (κ3) is 10.8. The molecule has 1 aromatic heterocycles. The molecule has 274 valence electrons. The van der Waals surface area contributed by atoms with Crippen LogP contribution in [0.1, 0.15) is 72.8 Å². The van der Waals surface area contributed by atoms with E-state index in [0.717, 1.165) is 16.5 Å². The van der Waals surface area contributed by atoms with Crippen LogP contribution in [0.3, 0.4) is 0 Å². The summed E-state index contributed by atoms with van der Waals surface area (Å²) < 4.78 is 0. The Morgan fingerprint density at radius 3 is 1.90 bits per heavy atom. The molecule has 0 radical (unpaired) electrons. The average Bonchev–Trinajstić information content (AvgIpc) is 3.48. The lowest BCUT2D eigenvalue weighted by Crippen LogP contribution is -2.62. The zero-order valence-electron chi connectivity index (χ0n) is 29.7. The Bertz CT molecular complexity index is 1560. The van der Waals surface area contributed by atoms with E-state index in [1.165, 1.54) is 0 Å². The highest BCUT2D eigenvalue weighted by atomic mass is 16.2. The van der Waals surface area contributed by atoms with Crippen molar-refractivity contribution >= 4 is 52.3 Å². The number of benzene rings is 1. The van der Waals surface area contributed by atoms with Gasteiger partial charge in [0.15, 0.2) is 0 Å². The first-order valence-corrected chi connectivity index (χ1v) is 17.3. The van der Waals surface area contributed by atoms with Gasteiger partial charge in [-0.05, 0) is 35.8 Å². The molecule has 9 N–H and O–H groups in total. The highest BCUT2D eigenvalue weighted by Crippen LogP contribution is 2.20. The van der Waals surface area contributed by atoms with Crippen LogP contribution in [0.25, 0.3) is 10.9 Å². The maximum Gasteiger partial charge on any atom is 0.243 e. The lowest BCUT2D eigenvalue weighted by molar-refractivity contribution is -0.137. The summed E-state index contributed by atoms with van der Waals surface area (Å²) in [5, 5.41) is 16.8. The van der Waals surface area contributed by atoms with Crippen molar-refractivity contribution in [2.24, 2.45) is 23.5 Å². The van der Waals surface area contributed by atoms with Crippen LogP contribution < -0.4 is 37.6 Å². The lowest BCUT2D eigenvalue weighted by Gasteiger charge is -2.31. The Morgan fingerprint density at radius 2 is 1.30 bits per heavy atom. The van der Waals surface area contributed by atoms with Crippen LogP contribution in [-0.4, -0.2) is 83.1 Å². The van der Waals surface area contributed by atoms with Gasteiger partial charge in [0.1, 0.15) is 30.2 Å². The van der Waals surface area contributed by atoms with Crippen LogP contribution >= 0.6 is 0 Å². The number of carbonyl (C=O) groups is 7. The van der Waals surface area contributed by atoms with E-state index in [1.807, 2.05) is 52.0 Å². The van der Waals surface area contributed by atoms with E-state index in [-0.39, 0.29) is 24.7 Å². The molecule has 7 amide bonds. The summed E-state index contributed by atoms with van der Waals surface area (Å²) >= 11 is 0. The molecule has 7 atom stereocenters. The number of aromatic nitrogens is 1. The zero-order valence-corrected chi connectivity index (χ0v) is 29.7. The quantitative estimate of drug-likeness (QED) is 0.173. The zero-order chi connectivity index (χ0) is 37.1. The standard InChI is InChI=1S/C35H52N8O7/c1-7-19(5)29-34(49)41-26(15-27(36)44)31(46)38-17-28(45)39-25(14-21-16-37-23-12-10-9-11-22(21)23)32(47)40-24(13-18(3)4)33(48)42-30(20(6)8-2)35(50)43-29/h9-12,16,18-20,24-26,29-30,37H,7-8,13-15,17H2,1-6H3,(H2,36,44)(H,38,46)(H,39,45)(H,40,47)(H,41,49)(H,42,48)(H,43,50)/t19?,20?,24-,25-,26-,29-,30+/m0/s1. The van der Waals surface area contributed by atoms with Crippen molar-refractivity contribution in [2.75, 3.05) is 6.54 Å². The van der Waals surface area contributed by atoms with Gasteiger partial charge in [-0.1, -0.05) is 72.6 Å². The largest absolute Gasteiger partial charge is 0.370 e. The predicted molar refractivity (Wildman–Crippen MR) is 187 cm³/mol. The third-order valence-corrected chi connectivity index (χ3v) is 9.14. The molecule has 1 fully saturated rings. The highest BCUT2D eigenvalue weighted by molar-refractivity contribution is 5.99. The molecule has 1 aliphatic rings. The number of carbonyl (C=O) groups excluding carboxylic acids is 7. The Labute approximate surface area is 292 Å². The number of H-pyrrole nitrogens is 1. The number of hydrogen-bond acceptors (Lipinski definition) is 7. The Hall–Kier alpha value is -4.95. The number of hydrogen-bond donors (Lipinski definition) is 8. The molecular formula is C35H52N8O7. The fourth-order valence-electron chi connectivity index (χ4n) is 5.81. The molecule has 0 bridgehead atoms. The van der Waals surface area contributed by atoms with Gasteiger partial charge in [0, 0.05) is 23.5 Å². The second kappa shape index (κ2) is 18.2. The summed E-state index contributed by atoms with van der Waals surface area (Å²) in [6.07, 6.45) is 2.40. The molecule has 2 aromatic rings. The summed E-state index contributed by atoms with van der Waals surface area (Å²) in [5.41, 5.74) is 6.94. The number of rotatable bonds is 10. The van der Waals surface area contributed by atoms with Crippen molar-refractivity contribution in [2.45, 2.75) is 104 Å². The Balaban J connectivity index is 2.06. The topological polar surface area (TPSA) is 233 Å². The van der Waals surface area contributed by atoms with Crippen LogP contribution in [0.15, 0.2) is 30.5 Å². The van der Waals surface area contributed by atoms with Crippen LogP contribution in [0.5, 0.6) is 0 Å². The molecule has 0 spiro atoms. The highest BCUT2D eigenvalue weighted by Gasteiger charge is 2.36. The van der Waals surface area contributed by atoms with Gasteiger partial charge in [-0.2, -0.15) is 0 Å². The maximum absolute atomic E-state index is 13.9. The number of fused-ring (bicyclic) bond motifs is 1. The molecule has 0 saturated carbocycles. The molecule has 0 aliphatic carbocycles. The molecular weight excluding hydrogens is 644 g/mol. The SMILES string of the molecule is CCC(C)[C@@H]1NC(=O)[C@@H](C(C)CC)NC(=O)[C@H](CC(C)C)NC(=O)[C@H](Cc2c[nH]c3ccccc23)NC(=O)CNC(=O)[C@H](CC(N)=O)NC1=O. The first-order valence-electron chi connectivity index (χ1n) is 17.3. The van der Waals surface area contributed by atoms with Gasteiger partial charge in [-0.15, -0.1) is 0 Å². The van der Waals surface area contributed by atoms with Crippen molar-refractivity contribution < 1.29 is 33.6 Å². The smallest absolute Gasteiger partial charge is 0.243 e. The van der Waals surface area contributed by atoms with Gasteiger partial charge in [0.05, 0.1) is 13.0 Å². The van der Waals surface area contributed by atoms with Crippen LogP contribution in [-0.2, 0) is 40.0 Å². The average molecular weight is 697 g/mol. The van der Waals surface area contributed by atoms with E-state index in [1.54, 1.807) is 20.0 Å². The summed E-state index contributed by atoms with van der Waals surface area (Å²) in [7, 11) is 0. The first kappa shape index (κ1) is 39.5. The van der Waals surface area contributed by atoms with E-state index >= 15 is 0 Å². The molecule has 1 aliphatic heterocycles. The van der Waals surface area contributed by atoms with Crippen LogP contribution in [0.2, 0.25) is 0 Å². The van der Waals surface area contributed by atoms with Gasteiger partial charge in [-0.25, -0.2) is 0 Å². The number of nitrogens with one attached hydrogen (secondary N) is 7. The molecule has 3 rings (SSSR count). The molecule has 1 aromatic carbocycles. The van der Waals surface area contributed by atoms with E-state index in [4.69, 9.17) is 5.73 Å². The summed E-state index contributed by atoms with van der Waals surface area (Å²) in [6, 6.07) is 1.53. The van der Waals surface area contributed by atoms with E-state index in [2.05, 4.69) is 36.9 Å². The molecule has 1 saturated heterocycles. The number of aromatic amines is 1. The number of amides is 7. The Kier molecular flexibility index (Phi) is 14.3. The maximum atomic E-state index is 13.9. The monoisotopic (exact) mass is 696 g/mol. The van der Waals surface area contributed by atoms with Gasteiger partial charge in [0.2, 0.25) is 41.4 Å². The van der Waals surface area contributed by atoms with Gasteiger partial charge in [0.25, 0.3) is 0 Å². The number of nitrogens with two attached hydrogens (primary N) is 1. The molecule has 2 unspecified atom stereocenters. The van der Waals surface area contributed by atoms with Crippen molar-refractivity contribution in [1.29, 1.82) is 0 Å². The van der Waals surface area contributed by atoms with Crippen molar-refractivity contribution in [1.82, 2.24) is 36.9 Å². The fraction of sp³-hybridized carbons (Fsp3) is 0.571. The van der Waals surface area contributed by atoms with Crippen molar-refractivity contribution in [3.63, 3.8) is 0 Å². The minimum absolute atomic E-state index is 0.0384. The molecule has 50 heavy (non-hydrogen) atoms. The molecule has 2 heterocycles. The summed E-state index contributed by atoms with van der Waals surface area (Å²) in [6.45, 7) is 10.4. The lowest BCUT2D eigenvalue weighted by atomic mass is 9.94. The first-order chi connectivity index (χ1) is 23.6. The Morgan fingerprint density at radius 1 is 0.740 bits per heavy atom. The predicted octanol–water partition coefficient (Wildman–Crippen LogP) is 0.278. The normalized spacial score (nSPS) is 24.5. The summed E-state index contributed by atoms with van der Waals surface area (Å²) in [4.78, 5) is 96.7. The van der Waals surface area contributed by atoms with Crippen molar-refractivity contribution in [3.05, 3.63) is 36.0 Å². The van der Waals surface area contributed by atoms with Gasteiger partial charge < -0.3 is 42.6 Å². The minimum atomic E-state index is -1.46. The molecule has 15 heteroatoms. The van der Waals surface area contributed by atoms with Crippen molar-refractivity contribution in [3.8, 4) is 0 Å². The summed E-state index contributed by atoms with van der Waals surface area (Å²) in [5.74, 6) is -5.89. The van der Waals surface area contributed by atoms with Crippen LogP contribution in [0.4, 0.5) is 0 Å². The molecule has 15 nitrogen and oxygen atoms in total. The third-order valence-electron chi connectivity index (χ3n) is 9.14. The van der Waals surface area contributed by atoms with Gasteiger partial charge >= 0.3 is 0 Å².